The molecule has 1 amide bonds. The second-order valence-electron chi connectivity index (χ2n) is 4.85. The van der Waals surface area contributed by atoms with E-state index in [2.05, 4.69) is 10.6 Å². The van der Waals surface area contributed by atoms with Crippen molar-refractivity contribution in [3.8, 4) is 0 Å². The van der Waals surface area contributed by atoms with Crippen LogP contribution in [-0.2, 0) is 4.79 Å². The van der Waals surface area contributed by atoms with Gasteiger partial charge in [0.1, 0.15) is 0 Å². The monoisotopic (exact) mass is 336 g/mol. The molecule has 0 aliphatic carbocycles. The Hall–Kier alpha value is -0.850. The van der Waals surface area contributed by atoms with E-state index in [0.29, 0.717) is 34.7 Å². The van der Waals surface area contributed by atoms with Crippen LogP contribution in [0.5, 0.6) is 0 Å². The minimum atomic E-state index is -2.42. The molecule has 0 bridgehead atoms. The van der Waals surface area contributed by atoms with E-state index in [0.717, 1.165) is 25.9 Å². The SMILES string of the molecule is Cl.O=C(CC1CCNCC1)Nc1ccc(SC(F)F)cc1. The summed E-state index contributed by atoms with van der Waals surface area (Å²) in [5.74, 6) is -1.99. The number of piperidine rings is 1. The predicted molar refractivity (Wildman–Crippen MR) is 84.4 cm³/mol. The molecule has 0 atom stereocenters. The van der Waals surface area contributed by atoms with E-state index in [9.17, 15) is 13.6 Å². The van der Waals surface area contributed by atoms with Crippen molar-refractivity contribution in [1.82, 2.24) is 5.32 Å². The number of carbonyl (C=O) groups is 1. The highest BCUT2D eigenvalue weighted by Gasteiger charge is 2.16. The van der Waals surface area contributed by atoms with Gasteiger partial charge in [0.2, 0.25) is 5.91 Å². The standard InChI is InChI=1S/C14H18F2N2OS.ClH/c15-14(16)20-12-3-1-11(2-4-12)18-13(19)9-10-5-7-17-8-6-10;/h1-4,10,14,17H,5-9H2,(H,18,19);1H. The largest absolute Gasteiger partial charge is 0.326 e. The fourth-order valence-electron chi connectivity index (χ4n) is 2.28. The molecule has 21 heavy (non-hydrogen) atoms. The molecule has 1 aromatic rings. The first-order valence-corrected chi connectivity index (χ1v) is 7.57. The van der Waals surface area contributed by atoms with Crippen molar-refractivity contribution >= 4 is 35.8 Å². The molecule has 118 valence electrons. The lowest BCUT2D eigenvalue weighted by atomic mass is 9.94. The molecule has 7 heteroatoms. The Labute approximate surface area is 133 Å². The number of halogens is 3. The van der Waals surface area contributed by atoms with Crippen LogP contribution in [0.4, 0.5) is 14.5 Å². The zero-order valence-corrected chi connectivity index (χ0v) is 13.1. The number of rotatable bonds is 5. The number of nitrogens with one attached hydrogen (secondary N) is 2. The van der Waals surface area contributed by atoms with Gasteiger partial charge < -0.3 is 10.6 Å². The third-order valence-corrected chi connectivity index (χ3v) is 4.02. The lowest BCUT2D eigenvalue weighted by molar-refractivity contribution is -0.117. The highest BCUT2D eigenvalue weighted by atomic mass is 35.5. The number of benzene rings is 1. The summed E-state index contributed by atoms with van der Waals surface area (Å²) in [5.41, 5.74) is 0.655. The second kappa shape index (κ2) is 9.23. The third-order valence-electron chi connectivity index (χ3n) is 3.30. The lowest BCUT2D eigenvalue weighted by Crippen LogP contribution is -2.30. The number of anilines is 1. The van der Waals surface area contributed by atoms with Gasteiger partial charge in [0.25, 0.3) is 5.76 Å². The van der Waals surface area contributed by atoms with Crippen LogP contribution in [-0.4, -0.2) is 24.8 Å². The van der Waals surface area contributed by atoms with Crippen LogP contribution >= 0.6 is 24.2 Å². The zero-order chi connectivity index (χ0) is 14.4. The Morgan fingerprint density at radius 1 is 1.29 bits per heavy atom. The summed E-state index contributed by atoms with van der Waals surface area (Å²) in [7, 11) is 0. The Kier molecular flexibility index (Phi) is 8.00. The summed E-state index contributed by atoms with van der Waals surface area (Å²) in [4.78, 5) is 12.4. The van der Waals surface area contributed by atoms with Gasteiger partial charge in [0.15, 0.2) is 0 Å². The van der Waals surface area contributed by atoms with Crippen molar-refractivity contribution in [2.75, 3.05) is 18.4 Å². The number of hydrogen-bond acceptors (Lipinski definition) is 3. The molecule has 3 nitrogen and oxygen atoms in total. The molecule has 0 spiro atoms. The van der Waals surface area contributed by atoms with Gasteiger partial charge in [-0.25, -0.2) is 0 Å². The van der Waals surface area contributed by atoms with Crippen molar-refractivity contribution in [3.05, 3.63) is 24.3 Å². The quantitative estimate of drug-likeness (QED) is 0.805. The van der Waals surface area contributed by atoms with Crippen LogP contribution in [0.1, 0.15) is 19.3 Å². The molecular formula is C14H19ClF2N2OS. The maximum atomic E-state index is 12.2. The van der Waals surface area contributed by atoms with Gasteiger partial charge in [-0.05, 0) is 56.1 Å². The second-order valence-corrected chi connectivity index (χ2v) is 5.91. The fourth-order valence-corrected chi connectivity index (χ4v) is 2.78. The Balaban J connectivity index is 0.00000220. The average Bonchev–Trinajstić information content (AvgIpc) is 2.41. The van der Waals surface area contributed by atoms with E-state index in [1.165, 1.54) is 0 Å². The summed E-state index contributed by atoms with van der Waals surface area (Å²) in [6.45, 7) is 1.94. The van der Waals surface area contributed by atoms with E-state index in [4.69, 9.17) is 0 Å². The van der Waals surface area contributed by atoms with Crippen molar-refractivity contribution in [2.24, 2.45) is 5.92 Å². The molecular weight excluding hydrogens is 318 g/mol. The van der Waals surface area contributed by atoms with Crippen molar-refractivity contribution in [2.45, 2.75) is 29.9 Å². The molecule has 2 rings (SSSR count). The van der Waals surface area contributed by atoms with E-state index in [-0.39, 0.29) is 18.3 Å². The van der Waals surface area contributed by atoms with Gasteiger partial charge in [-0.1, -0.05) is 11.8 Å². The molecule has 1 fully saturated rings. The number of hydrogen-bond donors (Lipinski definition) is 2. The van der Waals surface area contributed by atoms with Gasteiger partial charge in [-0.15, -0.1) is 12.4 Å². The highest BCUT2D eigenvalue weighted by molar-refractivity contribution is 7.99. The topological polar surface area (TPSA) is 41.1 Å². The predicted octanol–water partition coefficient (Wildman–Crippen LogP) is 3.75. The maximum Gasteiger partial charge on any atom is 0.288 e. The van der Waals surface area contributed by atoms with E-state index >= 15 is 0 Å². The Morgan fingerprint density at radius 3 is 2.48 bits per heavy atom. The smallest absolute Gasteiger partial charge is 0.288 e. The highest BCUT2D eigenvalue weighted by Crippen LogP contribution is 2.26. The molecule has 0 saturated carbocycles. The number of thioether (sulfide) groups is 1. The van der Waals surface area contributed by atoms with E-state index < -0.39 is 5.76 Å². The Bertz CT molecular complexity index is 439. The molecule has 1 aliphatic heterocycles. The van der Waals surface area contributed by atoms with Crippen LogP contribution in [0.3, 0.4) is 0 Å². The molecule has 2 N–H and O–H groups in total. The van der Waals surface area contributed by atoms with Crippen molar-refractivity contribution in [1.29, 1.82) is 0 Å². The molecule has 0 radical (unpaired) electrons. The first kappa shape index (κ1) is 18.2. The number of alkyl halides is 2. The summed E-state index contributed by atoms with van der Waals surface area (Å²) < 4.78 is 24.4. The molecule has 1 aliphatic rings. The average molecular weight is 337 g/mol. The van der Waals surface area contributed by atoms with Crippen LogP contribution in [0.25, 0.3) is 0 Å². The summed E-state index contributed by atoms with van der Waals surface area (Å²) in [6, 6.07) is 6.50. The van der Waals surface area contributed by atoms with E-state index in [1.54, 1.807) is 24.3 Å². The van der Waals surface area contributed by atoms with Crippen LogP contribution in [0, 0.1) is 5.92 Å². The van der Waals surface area contributed by atoms with Gasteiger partial charge in [0, 0.05) is 17.0 Å². The van der Waals surface area contributed by atoms with E-state index in [1.807, 2.05) is 0 Å². The summed E-state index contributed by atoms with van der Waals surface area (Å²) >= 11 is 0.502. The molecule has 0 aromatic heterocycles. The number of amides is 1. The first-order chi connectivity index (χ1) is 9.63. The van der Waals surface area contributed by atoms with Crippen LogP contribution in [0.15, 0.2) is 29.2 Å². The minimum Gasteiger partial charge on any atom is -0.326 e. The summed E-state index contributed by atoms with van der Waals surface area (Å²) in [5, 5.41) is 6.08. The maximum absolute atomic E-state index is 12.2. The molecule has 1 heterocycles. The number of carbonyl (C=O) groups excluding carboxylic acids is 1. The van der Waals surface area contributed by atoms with Gasteiger partial charge in [-0.2, -0.15) is 8.78 Å². The molecule has 1 saturated heterocycles. The normalized spacial score (nSPS) is 15.6. The molecule has 1 aromatic carbocycles. The van der Waals surface area contributed by atoms with Gasteiger partial charge >= 0.3 is 0 Å². The van der Waals surface area contributed by atoms with Crippen LogP contribution < -0.4 is 10.6 Å². The lowest BCUT2D eigenvalue weighted by Gasteiger charge is -2.21. The molecule has 0 unspecified atom stereocenters. The summed E-state index contributed by atoms with van der Waals surface area (Å²) in [6.07, 6.45) is 2.57. The van der Waals surface area contributed by atoms with Crippen molar-refractivity contribution < 1.29 is 13.6 Å². The van der Waals surface area contributed by atoms with Crippen LogP contribution in [0.2, 0.25) is 0 Å². The zero-order valence-electron chi connectivity index (χ0n) is 11.5. The minimum absolute atomic E-state index is 0. The fraction of sp³-hybridized carbons (Fsp3) is 0.500. The third kappa shape index (κ3) is 6.63. The van der Waals surface area contributed by atoms with Gasteiger partial charge in [0.05, 0.1) is 0 Å². The Morgan fingerprint density at radius 2 is 1.90 bits per heavy atom. The van der Waals surface area contributed by atoms with Crippen molar-refractivity contribution in [3.63, 3.8) is 0 Å². The first-order valence-electron chi connectivity index (χ1n) is 6.69. The van der Waals surface area contributed by atoms with Gasteiger partial charge in [-0.3, -0.25) is 4.79 Å².